The summed E-state index contributed by atoms with van der Waals surface area (Å²) in [5, 5.41) is 18.8. The highest BCUT2D eigenvalue weighted by Crippen LogP contribution is 2.64. The first-order chi connectivity index (χ1) is 15.6. The van der Waals surface area contributed by atoms with Crippen molar-refractivity contribution < 1.29 is 18.3 Å². The average molecular weight is 459 g/mol. The number of halogens is 3. The number of aliphatic hydroxyl groups excluding tert-OH is 1. The minimum Gasteiger partial charge on any atom is -0.393 e. The number of aliphatic hydroxyl groups is 1. The van der Waals surface area contributed by atoms with E-state index in [-0.39, 0.29) is 22.5 Å². The molecular formula is C27H33F3N2O. The molecule has 178 valence electrons. The molecule has 4 aliphatic rings. The van der Waals surface area contributed by atoms with E-state index >= 15 is 0 Å². The summed E-state index contributed by atoms with van der Waals surface area (Å²) >= 11 is 0. The molecule has 5 rings (SSSR count). The van der Waals surface area contributed by atoms with Crippen LogP contribution in [0.1, 0.15) is 76.3 Å². The maximum absolute atomic E-state index is 13.3. The van der Waals surface area contributed by atoms with Crippen LogP contribution in [0.25, 0.3) is 0 Å². The van der Waals surface area contributed by atoms with Crippen molar-refractivity contribution in [3.63, 3.8) is 0 Å². The van der Waals surface area contributed by atoms with E-state index in [1.54, 1.807) is 6.07 Å². The van der Waals surface area contributed by atoms with Crippen LogP contribution >= 0.6 is 0 Å². The zero-order chi connectivity index (χ0) is 23.4. The van der Waals surface area contributed by atoms with E-state index in [9.17, 15) is 18.3 Å². The lowest BCUT2D eigenvalue weighted by molar-refractivity contribution is -0.137. The molecule has 0 amide bonds. The lowest BCUT2D eigenvalue weighted by atomic mass is 9.48. The molecule has 0 spiro atoms. The van der Waals surface area contributed by atoms with E-state index in [0.29, 0.717) is 17.8 Å². The van der Waals surface area contributed by atoms with Crippen molar-refractivity contribution in [2.75, 3.05) is 0 Å². The summed E-state index contributed by atoms with van der Waals surface area (Å²) in [6.07, 6.45) is 7.05. The van der Waals surface area contributed by atoms with Crippen molar-refractivity contribution in [2.24, 2.45) is 38.8 Å². The van der Waals surface area contributed by atoms with Gasteiger partial charge in [0, 0.05) is 16.7 Å². The van der Waals surface area contributed by atoms with E-state index in [1.807, 2.05) is 0 Å². The molecule has 3 saturated carbocycles. The quantitative estimate of drug-likeness (QED) is 0.296. The first kappa shape index (κ1) is 22.8. The van der Waals surface area contributed by atoms with Gasteiger partial charge in [-0.3, -0.25) is 0 Å². The van der Waals surface area contributed by atoms with Gasteiger partial charge in [-0.15, -0.1) is 0 Å². The normalized spacial score (nSPS) is 39.8. The number of rotatable bonds is 2. The number of fused-ring (bicyclic) bond motifs is 5. The lowest BCUT2D eigenvalue weighted by Gasteiger charge is -2.57. The Balaban J connectivity index is 1.38. The Kier molecular flexibility index (Phi) is 5.58. The SMILES string of the molecule is C[C@]12CCC(O)CC1=CCC1C2CC[C@]2(C)/C(=N/N=C/c3ccccc3C(F)(F)F)CCC12. The molecule has 6 heteroatoms. The Morgan fingerprint density at radius 1 is 1.03 bits per heavy atom. The minimum absolute atomic E-state index is 0.0298. The second-order valence-electron chi connectivity index (χ2n) is 11.0. The largest absolute Gasteiger partial charge is 0.417 e. The summed E-state index contributed by atoms with van der Waals surface area (Å²) in [5.41, 5.74) is 2.05. The molecule has 3 nitrogen and oxygen atoms in total. The number of allylic oxidation sites excluding steroid dienone is 1. The van der Waals surface area contributed by atoms with Crippen molar-refractivity contribution in [3.8, 4) is 0 Å². The van der Waals surface area contributed by atoms with Gasteiger partial charge in [0.1, 0.15) is 0 Å². The van der Waals surface area contributed by atoms with Crippen LogP contribution in [-0.2, 0) is 6.18 Å². The third-order valence-corrected chi connectivity index (χ3v) is 9.46. The zero-order valence-corrected chi connectivity index (χ0v) is 19.4. The molecule has 0 aliphatic heterocycles. The highest BCUT2D eigenvalue weighted by Gasteiger charge is 2.57. The van der Waals surface area contributed by atoms with Gasteiger partial charge in [-0.05, 0) is 80.6 Å². The molecule has 6 atom stereocenters. The fraction of sp³-hybridized carbons (Fsp3) is 0.630. The fourth-order valence-electron chi connectivity index (χ4n) is 7.62. The van der Waals surface area contributed by atoms with E-state index in [2.05, 4.69) is 30.1 Å². The van der Waals surface area contributed by atoms with Crippen LogP contribution in [0.2, 0.25) is 0 Å². The Labute approximate surface area is 193 Å². The van der Waals surface area contributed by atoms with Crippen LogP contribution < -0.4 is 0 Å². The Morgan fingerprint density at radius 3 is 2.55 bits per heavy atom. The van der Waals surface area contributed by atoms with Crippen LogP contribution in [0.4, 0.5) is 13.2 Å². The Hall–Kier alpha value is -1.95. The van der Waals surface area contributed by atoms with Crippen molar-refractivity contribution in [1.82, 2.24) is 0 Å². The second-order valence-corrected chi connectivity index (χ2v) is 11.0. The molecule has 1 aromatic carbocycles. The summed E-state index contributed by atoms with van der Waals surface area (Å²) in [4.78, 5) is 0. The number of hydrogen-bond acceptors (Lipinski definition) is 3. The summed E-state index contributed by atoms with van der Waals surface area (Å²) in [5.74, 6) is 1.79. The summed E-state index contributed by atoms with van der Waals surface area (Å²) in [7, 11) is 0. The van der Waals surface area contributed by atoms with Crippen LogP contribution in [-0.4, -0.2) is 23.1 Å². The van der Waals surface area contributed by atoms with Crippen LogP contribution in [0.5, 0.6) is 0 Å². The molecule has 3 fully saturated rings. The molecule has 0 bridgehead atoms. The standard InChI is InChI=1S/C27H33F3N2O/c1-25-13-11-19(33)15-18(25)7-8-20-22-9-10-24(26(22,2)14-12-23(20)25)32-31-16-17-5-3-4-6-21(17)27(28,29)30/h3-7,16,19-20,22-23,33H,8-15H2,1-2H3/b31-16+,32-24+/t19?,20?,22?,23?,25-,26-/m0/s1. The van der Waals surface area contributed by atoms with Gasteiger partial charge in [0.05, 0.1) is 17.9 Å². The van der Waals surface area contributed by atoms with Gasteiger partial charge in [0.25, 0.3) is 0 Å². The second kappa shape index (κ2) is 8.07. The average Bonchev–Trinajstić information content (AvgIpc) is 3.10. The molecule has 0 heterocycles. The molecule has 4 aliphatic carbocycles. The lowest BCUT2D eigenvalue weighted by Crippen LogP contribution is -2.50. The van der Waals surface area contributed by atoms with Gasteiger partial charge in [-0.1, -0.05) is 43.7 Å². The monoisotopic (exact) mass is 458 g/mol. The van der Waals surface area contributed by atoms with Gasteiger partial charge < -0.3 is 5.11 Å². The number of benzene rings is 1. The molecule has 1 N–H and O–H groups in total. The molecular weight excluding hydrogens is 425 g/mol. The molecule has 0 aromatic heterocycles. The van der Waals surface area contributed by atoms with Gasteiger partial charge >= 0.3 is 6.18 Å². The Morgan fingerprint density at radius 2 is 1.76 bits per heavy atom. The third-order valence-electron chi connectivity index (χ3n) is 9.46. The van der Waals surface area contributed by atoms with Gasteiger partial charge in [0.2, 0.25) is 0 Å². The highest BCUT2D eigenvalue weighted by atomic mass is 19.4. The van der Waals surface area contributed by atoms with E-state index in [0.717, 1.165) is 63.1 Å². The van der Waals surface area contributed by atoms with Gasteiger partial charge in [0.15, 0.2) is 0 Å². The van der Waals surface area contributed by atoms with Crippen LogP contribution in [0.3, 0.4) is 0 Å². The van der Waals surface area contributed by atoms with Crippen molar-refractivity contribution >= 4 is 11.9 Å². The first-order valence-electron chi connectivity index (χ1n) is 12.3. The summed E-state index contributed by atoms with van der Waals surface area (Å²) in [6, 6.07) is 5.50. The maximum Gasteiger partial charge on any atom is 0.417 e. The van der Waals surface area contributed by atoms with Crippen molar-refractivity contribution in [2.45, 2.75) is 77.5 Å². The van der Waals surface area contributed by atoms with Crippen LogP contribution in [0, 0.1) is 28.6 Å². The van der Waals surface area contributed by atoms with Gasteiger partial charge in [-0.25, -0.2) is 0 Å². The summed E-state index contributed by atoms with van der Waals surface area (Å²) in [6.45, 7) is 4.71. The molecule has 0 radical (unpaired) electrons. The van der Waals surface area contributed by atoms with Crippen molar-refractivity contribution in [3.05, 3.63) is 47.0 Å². The topological polar surface area (TPSA) is 45.0 Å². The Bertz CT molecular complexity index is 1010. The molecule has 0 saturated heterocycles. The molecule has 33 heavy (non-hydrogen) atoms. The molecule has 4 unspecified atom stereocenters. The summed E-state index contributed by atoms with van der Waals surface area (Å²) < 4.78 is 39.8. The molecule has 1 aromatic rings. The van der Waals surface area contributed by atoms with Crippen LogP contribution in [0.15, 0.2) is 46.1 Å². The van der Waals surface area contributed by atoms with Crippen molar-refractivity contribution in [1.29, 1.82) is 0 Å². The first-order valence-corrected chi connectivity index (χ1v) is 12.3. The predicted octanol–water partition coefficient (Wildman–Crippen LogP) is 6.80. The third kappa shape index (κ3) is 3.78. The number of alkyl halides is 3. The predicted molar refractivity (Wildman–Crippen MR) is 124 cm³/mol. The minimum atomic E-state index is -4.41. The van der Waals surface area contributed by atoms with E-state index < -0.39 is 11.7 Å². The zero-order valence-electron chi connectivity index (χ0n) is 19.4. The highest BCUT2D eigenvalue weighted by molar-refractivity contribution is 5.93. The smallest absolute Gasteiger partial charge is 0.393 e. The van der Waals surface area contributed by atoms with E-state index in [4.69, 9.17) is 0 Å². The number of nitrogens with zero attached hydrogens (tertiary/aromatic N) is 2. The number of hydrogen-bond donors (Lipinski definition) is 1. The van der Waals surface area contributed by atoms with E-state index in [1.165, 1.54) is 23.9 Å². The van der Waals surface area contributed by atoms with Gasteiger partial charge in [-0.2, -0.15) is 23.4 Å². The maximum atomic E-state index is 13.3. The fourth-order valence-corrected chi connectivity index (χ4v) is 7.62.